The van der Waals surface area contributed by atoms with Gasteiger partial charge in [0.05, 0.1) is 12.2 Å². The number of guanidine groups is 1. The normalized spacial score (nSPS) is 15.8. The maximum Gasteiger partial charge on any atom is 0.191 e. The SMILES string of the molecule is CCC(CC)c1cc(CNC(=NC)NCC2(c3cccc(F)c3)CC2)on1. The van der Waals surface area contributed by atoms with Crippen molar-refractivity contribution in [3.63, 3.8) is 0 Å². The maximum atomic E-state index is 13.5. The Morgan fingerprint density at radius 2 is 2.04 bits per heavy atom. The molecular formula is C21H29FN4O. The summed E-state index contributed by atoms with van der Waals surface area (Å²) in [6, 6.07) is 8.92. The second-order valence-corrected chi connectivity index (χ2v) is 7.30. The van der Waals surface area contributed by atoms with E-state index in [1.807, 2.05) is 12.1 Å². The second kappa shape index (κ2) is 8.55. The molecule has 2 aromatic rings. The van der Waals surface area contributed by atoms with E-state index in [4.69, 9.17) is 4.52 Å². The topological polar surface area (TPSA) is 62.5 Å². The molecule has 5 nitrogen and oxygen atoms in total. The van der Waals surface area contributed by atoms with Crippen LogP contribution in [0, 0.1) is 5.82 Å². The molecule has 1 aromatic heterocycles. The molecule has 3 rings (SSSR count). The molecule has 0 spiro atoms. The molecule has 0 atom stereocenters. The van der Waals surface area contributed by atoms with Crippen molar-refractivity contribution in [2.24, 2.45) is 4.99 Å². The van der Waals surface area contributed by atoms with Crippen molar-refractivity contribution in [1.82, 2.24) is 15.8 Å². The largest absolute Gasteiger partial charge is 0.359 e. The lowest BCUT2D eigenvalue weighted by Crippen LogP contribution is -2.40. The minimum Gasteiger partial charge on any atom is -0.359 e. The summed E-state index contributed by atoms with van der Waals surface area (Å²) in [5, 5.41) is 10.8. The Bertz CT molecular complexity index is 778. The fourth-order valence-electron chi connectivity index (χ4n) is 3.49. The zero-order valence-electron chi connectivity index (χ0n) is 16.4. The summed E-state index contributed by atoms with van der Waals surface area (Å²) in [4.78, 5) is 4.28. The Kier molecular flexibility index (Phi) is 6.14. The molecule has 0 amide bonds. The van der Waals surface area contributed by atoms with Gasteiger partial charge < -0.3 is 15.2 Å². The quantitative estimate of drug-likeness (QED) is 0.541. The van der Waals surface area contributed by atoms with Crippen LogP contribution in [0.3, 0.4) is 0 Å². The number of benzene rings is 1. The third kappa shape index (κ3) is 4.67. The molecule has 146 valence electrons. The fourth-order valence-corrected chi connectivity index (χ4v) is 3.49. The Hall–Kier alpha value is -2.37. The number of rotatable bonds is 8. The van der Waals surface area contributed by atoms with E-state index in [0.29, 0.717) is 18.4 Å². The number of hydrogen-bond acceptors (Lipinski definition) is 3. The van der Waals surface area contributed by atoms with E-state index in [1.54, 1.807) is 19.2 Å². The molecule has 6 heteroatoms. The summed E-state index contributed by atoms with van der Waals surface area (Å²) in [5.74, 6) is 1.77. The summed E-state index contributed by atoms with van der Waals surface area (Å²) >= 11 is 0. The van der Waals surface area contributed by atoms with Gasteiger partial charge in [-0.2, -0.15) is 0 Å². The molecular weight excluding hydrogens is 343 g/mol. The van der Waals surface area contributed by atoms with E-state index in [2.05, 4.69) is 34.6 Å². The molecule has 27 heavy (non-hydrogen) atoms. The lowest BCUT2D eigenvalue weighted by atomic mass is 9.96. The van der Waals surface area contributed by atoms with E-state index in [-0.39, 0.29) is 11.2 Å². The monoisotopic (exact) mass is 372 g/mol. The number of hydrogen-bond donors (Lipinski definition) is 2. The van der Waals surface area contributed by atoms with Crippen molar-refractivity contribution in [2.45, 2.75) is 57.4 Å². The van der Waals surface area contributed by atoms with Gasteiger partial charge in [0.1, 0.15) is 5.82 Å². The standard InChI is InChI=1S/C21H29FN4O/c1-4-15(5-2)19-12-18(27-26-19)13-24-20(23-3)25-14-21(9-10-21)16-7-6-8-17(22)11-16/h6-8,11-12,15H,4-5,9-10,13-14H2,1-3H3,(H2,23,24,25). The first-order chi connectivity index (χ1) is 13.1. The summed E-state index contributed by atoms with van der Waals surface area (Å²) < 4.78 is 19.0. The predicted molar refractivity (Wildman–Crippen MR) is 105 cm³/mol. The maximum absolute atomic E-state index is 13.5. The summed E-state index contributed by atoms with van der Waals surface area (Å²) in [7, 11) is 1.74. The van der Waals surface area contributed by atoms with Crippen molar-refractivity contribution in [3.05, 3.63) is 53.2 Å². The third-order valence-electron chi connectivity index (χ3n) is 5.52. The molecule has 1 heterocycles. The lowest BCUT2D eigenvalue weighted by molar-refractivity contribution is 0.368. The van der Waals surface area contributed by atoms with E-state index >= 15 is 0 Å². The van der Waals surface area contributed by atoms with Crippen molar-refractivity contribution >= 4 is 5.96 Å². The minimum absolute atomic E-state index is 0.00853. The van der Waals surface area contributed by atoms with E-state index in [1.165, 1.54) is 6.07 Å². The molecule has 1 aliphatic carbocycles. The summed E-state index contributed by atoms with van der Waals surface area (Å²) in [5.41, 5.74) is 2.08. The molecule has 0 aliphatic heterocycles. The summed E-state index contributed by atoms with van der Waals surface area (Å²) in [6.45, 7) is 5.59. The van der Waals surface area contributed by atoms with Crippen LogP contribution in [-0.4, -0.2) is 24.7 Å². The molecule has 1 saturated carbocycles. The Morgan fingerprint density at radius 3 is 2.67 bits per heavy atom. The van der Waals surface area contributed by atoms with Crippen LogP contribution in [0.2, 0.25) is 0 Å². The van der Waals surface area contributed by atoms with Crippen molar-refractivity contribution in [1.29, 1.82) is 0 Å². The van der Waals surface area contributed by atoms with Crippen molar-refractivity contribution in [3.8, 4) is 0 Å². The fraction of sp³-hybridized carbons (Fsp3) is 0.524. The van der Waals surface area contributed by atoms with Crippen LogP contribution in [0.4, 0.5) is 4.39 Å². The smallest absolute Gasteiger partial charge is 0.191 e. The molecule has 0 radical (unpaired) electrons. The van der Waals surface area contributed by atoms with Crippen LogP contribution in [0.25, 0.3) is 0 Å². The number of nitrogens with one attached hydrogen (secondary N) is 2. The lowest BCUT2D eigenvalue weighted by Gasteiger charge is -2.18. The van der Waals surface area contributed by atoms with Crippen LogP contribution >= 0.6 is 0 Å². The molecule has 0 bridgehead atoms. The average Bonchev–Trinajstić information content (AvgIpc) is 3.34. The van der Waals surface area contributed by atoms with Gasteiger partial charge in [-0.15, -0.1) is 0 Å². The van der Waals surface area contributed by atoms with E-state index in [0.717, 1.165) is 49.2 Å². The second-order valence-electron chi connectivity index (χ2n) is 7.30. The first-order valence-electron chi connectivity index (χ1n) is 9.76. The molecule has 2 N–H and O–H groups in total. The Labute approximate surface area is 160 Å². The van der Waals surface area contributed by atoms with Gasteiger partial charge in [-0.05, 0) is 43.4 Å². The van der Waals surface area contributed by atoms with Gasteiger partial charge in [-0.3, -0.25) is 4.99 Å². The first-order valence-corrected chi connectivity index (χ1v) is 9.76. The number of aromatic nitrogens is 1. The highest BCUT2D eigenvalue weighted by molar-refractivity contribution is 5.79. The highest BCUT2D eigenvalue weighted by Gasteiger charge is 2.44. The molecule has 0 unspecified atom stereocenters. The van der Waals surface area contributed by atoms with Gasteiger partial charge in [0.25, 0.3) is 0 Å². The number of aliphatic imine (C=N–C) groups is 1. The van der Waals surface area contributed by atoms with Crippen LogP contribution < -0.4 is 10.6 Å². The Morgan fingerprint density at radius 1 is 1.26 bits per heavy atom. The highest BCUT2D eigenvalue weighted by atomic mass is 19.1. The van der Waals surface area contributed by atoms with Crippen molar-refractivity contribution in [2.75, 3.05) is 13.6 Å². The molecule has 1 aromatic carbocycles. The molecule has 1 fully saturated rings. The average molecular weight is 372 g/mol. The zero-order valence-corrected chi connectivity index (χ0v) is 16.4. The number of halogens is 1. The van der Waals surface area contributed by atoms with Crippen LogP contribution in [0.5, 0.6) is 0 Å². The van der Waals surface area contributed by atoms with E-state index < -0.39 is 0 Å². The van der Waals surface area contributed by atoms with Gasteiger partial charge >= 0.3 is 0 Å². The van der Waals surface area contributed by atoms with Crippen LogP contribution in [0.1, 0.15) is 62.5 Å². The summed E-state index contributed by atoms with van der Waals surface area (Å²) in [6.07, 6.45) is 4.23. The van der Waals surface area contributed by atoms with E-state index in [9.17, 15) is 4.39 Å². The Balaban J connectivity index is 1.53. The van der Waals surface area contributed by atoms with Crippen LogP contribution in [0.15, 0.2) is 39.8 Å². The van der Waals surface area contributed by atoms with Gasteiger partial charge in [0, 0.05) is 31.0 Å². The van der Waals surface area contributed by atoms with Gasteiger partial charge in [-0.1, -0.05) is 31.1 Å². The van der Waals surface area contributed by atoms with Gasteiger partial charge in [-0.25, -0.2) is 4.39 Å². The zero-order chi connectivity index (χ0) is 19.3. The third-order valence-corrected chi connectivity index (χ3v) is 5.52. The van der Waals surface area contributed by atoms with Crippen molar-refractivity contribution < 1.29 is 8.91 Å². The molecule has 0 saturated heterocycles. The minimum atomic E-state index is -0.181. The highest BCUT2D eigenvalue weighted by Crippen LogP contribution is 2.47. The predicted octanol–water partition coefficient (Wildman–Crippen LogP) is 4.11. The van der Waals surface area contributed by atoms with Gasteiger partial charge in [0.2, 0.25) is 0 Å². The number of nitrogens with zero attached hydrogens (tertiary/aromatic N) is 2. The van der Waals surface area contributed by atoms with Crippen LogP contribution in [-0.2, 0) is 12.0 Å². The van der Waals surface area contributed by atoms with Gasteiger partial charge in [0.15, 0.2) is 11.7 Å². The molecule has 1 aliphatic rings. The first kappa shape index (κ1) is 19.4.